The zero-order valence-corrected chi connectivity index (χ0v) is 20.3. The van der Waals surface area contributed by atoms with E-state index in [1.807, 2.05) is 49.5 Å². The highest BCUT2D eigenvalue weighted by molar-refractivity contribution is 14.0. The van der Waals surface area contributed by atoms with Gasteiger partial charge in [0.05, 0.1) is 25.3 Å². The molecule has 1 heterocycles. The normalized spacial score (nSPS) is 11.1. The molecule has 0 unspecified atom stereocenters. The minimum Gasteiger partial charge on any atom is -0.497 e. The number of aromatic nitrogens is 2. The monoisotopic (exact) mass is 523 g/mol. The number of aliphatic imine (C=N–C) groups is 1. The first kappa shape index (κ1) is 23.8. The number of nitrogens with one attached hydrogen (secondary N) is 2. The van der Waals surface area contributed by atoms with Crippen molar-refractivity contribution in [3.8, 4) is 11.5 Å². The zero-order valence-electron chi connectivity index (χ0n) is 17.9. The molecule has 0 aliphatic carbocycles. The second-order valence-corrected chi connectivity index (χ2v) is 6.72. The lowest BCUT2D eigenvalue weighted by molar-refractivity contribution is 0.382. The van der Waals surface area contributed by atoms with E-state index in [9.17, 15) is 0 Å². The number of rotatable bonds is 8. The highest BCUT2D eigenvalue weighted by Gasteiger charge is 2.11. The van der Waals surface area contributed by atoms with Gasteiger partial charge in [0, 0.05) is 44.7 Å². The van der Waals surface area contributed by atoms with Gasteiger partial charge in [0.2, 0.25) is 0 Å². The standard InChI is InChI=1S/C22H29N5O2.HI/c1-5-23-22(24-13-12-21-25-18-8-6-7-9-19(18)26-21)27(2)15-16-10-11-17(28-3)14-20(16)29-4;/h6-11,14H,5,12-13,15H2,1-4H3,(H,23,24)(H,25,26);1H. The fraction of sp³-hybridized carbons (Fsp3) is 0.364. The van der Waals surface area contributed by atoms with Gasteiger partial charge in [-0.1, -0.05) is 12.1 Å². The molecule has 0 amide bonds. The summed E-state index contributed by atoms with van der Waals surface area (Å²) in [6.07, 6.45) is 0.753. The number of methoxy groups -OCH3 is 2. The van der Waals surface area contributed by atoms with Crippen LogP contribution in [0, 0.1) is 0 Å². The summed E-state index contributed by atoms with van der Waals surface area (Å²) in [5.41, 5.74) is 3.11. The van der Waals surface area contributed by atoms with Gasteiger partial charge >= 0.3 is 0 Å². The second kappa shape index (κ2) is 11.6. The lowest BCUT2D eigenvalue weighted by atomic mass is 10.2. The molecule has 0 saturated heterocycles. The van der Waals surface area contributed by atoms with E-state index in [2.05, 4.69) is 27.1 Å². The smallest absolute Gasteiger partial charge is 0.193 e. The third-order valence-electron chi connectivity index (χ3n) is 4.65. The molecule has 162 valence electrons. The lowest BCUT2D eigenvalue weighted by Gasteiger charge is -2.23. The summed E-state index contributed by atoms with van der Waals surface area (Å²) < 4.78 is 10.8. The molecule has 0 atom stereocenters. The molecule has 3 aromatic rings. The number of hydrogen-bond acceptors (Lipinski definition) is 4. The zero-order chi connectivity index (χ0) is 20.6. The Kier molecular flexibility index (Phi) is 9.22. The number of nitrogens with zero attached hydrogens (tertiary/aromatic N) is 3. The van der Waals surface area contributed by atoms with Crippen LogP contribution in [0.15, 0.2) is 47.5 Å². The molecule has 30 heavy (non-hydrogen) atoms. The Labute approximate surface area is 194 Å². The van der Waals surface area contributed by atoms with E-state index in [1.165, 1.54) is 0 Å². The Morgan fingerprint density at radius 2 is 1.97 bits per heavy atom. The van der Waals surface area contributed by atoms with Crippen LogP contribution in [-0.2, 0) is 13.0 Å². The summed E-state index contributed by atoms with van der Waals surface area (Å²) in [7, 11) is 5.34. The van der Waals surface area contributed by atoms with Crippen molar-refractivity contribution in [1.82, 2.24) is 20.2 Å². The van der Waals surface area contributed by atoms with Crippen LogP contribution in [0.25, 0.3) is 11.0 Å². The molecule has 3 rings (SSSR count). The van der Waals surface area contributed by atoms with Gasteiger partial charge in [-0.3, -0.25) is 4.99 Å². The Hall–Kier alpha value is -2.49. The Bertz CT molecular complexity index is 940. The number of aromatic amines is 1. The van der Waals surface area contributed by atoms with Gasteiger partial charge < -0.3 is 24.7 Å². The van der Waals surface area contributed by atoms with Gasteiger partial charge in [0.25, 0.3) is 0 Å². The largest absolute Gasteiger partial charge is 0.497 e. The number of H-pyrrole nitrogens is 1. The van der Waals surface area contributed by atoms with E-state index in [4.69, 9.17) is 14.5 Å². The van der Waals surface area contributed by atoms with E-state index in [0.29, 0.717) is 13.1 Å². The highest BCUT2D eigenvalue weighted by Crippen LogP contribution is 2.25. The van der Waals surface area contributed by atoms with Crippen LogP contribution in [0.2, 0.25) is 0 Å². The lowest BCUT2D eigenvalue weighted by Crippen LogP contribution is -2.38. The van der Waals surface area contributed by atoms with Gasteiger partial charge in [-0.2, -0.15) is 0 Å². The fourth-order valence-corrected chi connectivity index (χ4v) is 3.17. The maximum atomic E-state index is 5.52. The molecule has 7 nitrogen and oxygen atoms in total. The topological polar surface area (TPSA) is 74.8 Å². The molecule has 2 aromatic carbocycles. The van der Waals surface area contributed by atoms with Crippen molar-refractivity contribution < 1.29 is 9.47 Å². The summed E-state index contributed by atoms with van der Waals surface area (Å²) in [6.45, 7) is 4.18. The molecule has 0 spiro atoms. The molecular weight excluding hydrogens is 493 g/mol. The number of para-hydroxylation sites is 2. The minimum atomic E-state index is 0. The molecule has 2 N–H and O–H groups in total. The molecule has 0 bridgehead atoms. The SMILES string of the molecule is CCNC(=NCCc1nc2ccccc2[nH]1)N(C)Cc1ccc(OC)cc1OC.I. The molecule has 0 fully saturated rings. The number of hydrogen-bond donors (Lipinski definition) is 2. The Balaban J connectivity index is 0.00000320. The van der Waals surface area contributed by atoms with E-state index >= 15 is 0 Å². The molecular formula is C22H30IN5O2. The minimum absolute atomic E-state index is 0. The predicted octanol–water partition coefficient (Wildman–Crippen LogP) is 3.84. The third-order valence-corrected chi connectivity index (χ3v) is 4.65. The number of fused-ring (bicyclic) bond motifs is 1. The molecule has 0 aliphatic rings. The molecule has 0 saturated carbocycles. The van der Waals surface area contributed by atoms with Crippen LogP contribution in [-0.4, -0.2) is 55.2 Å². The van der Waals surface area contributed by atoms with Crippen LogP contribution in [0.3, 0.4) is 0 Å². The summed E-state index contributed by atoms with van der Waals surface area (Å²) >= 11 is 0. The predicted molar refractivity (Wildman–Crippen MR) is 132 cm³/mol. The first-order chi connectivity index (χ1) is 14.1. The number of halogens is 1. The summed E-state index contributed by atoms with van der Waals surface area (Å²) in [4.78, 5) is 14.8. The first-order valence-electron chi connectivity index (χ1n) is 9.78. The van der Waals surface area contributed by atoms with Crippen LogP contribution in [0.4, 0.5) is 0 Å². The summed E-state index contributed by atoms with van der Waals surface area (Å²) in [5, 5.41) is 3.36. The Morgan fingerprint density at radius 3 is 2.67 bits per heavy atom. The maximum absolute atomic E-state index is 5.52. The fourth-order valence-electron chi connectivity index (χ4n) is 3.17. The molecule has 0 aliphatic heterocycles. The number of ether oxygens (including phenoxy) is 2. The van der Waals surface area contributed by atoms with Crippen LogP contribution in [0.1, 0.15) is 18.3 Å². The average Bonchev–Trinajstić information content (AvgIpc) is 3.16. The van der Waals surface area contributed by atoms with Crippen molar-refractivity contribution in [2.24, 2.45) is 4.99 Å². The number of benzene rings is 2. The molecule has 0 radical (unpaired) electrons. The quantitative estimate of drug-likeness (QED) is 0.267. The van der Waals surface area contributed by atoms with Crippen LogP contribution >= 0.6 is 24.0 Å². The van der Waals surface area contributed by atoms with E-state index in [1.54, 1.807) is 14.2 Å². The van der Waals surface area contributed by atoms with E-state index in [-0.39, 0.29) is 24.0 Å². The molecule has 8 heteroatoms. The van der Waals surface area contributed by atoms with Gasteiger partial charge in [0.15, 0.2) is 5.96 Å². The first-order valence-corrected chi connectivity index (χ1v) is 9.78. The summed E-state index contributed by atoms with van der Waals surface area (Å²) in [5.74, 6) is 3.38. The highest BCUT2D eigenvalue weighted by atomic mass is 127. The maximum Gasteiger partial charge on any atom is 0.193 e. The van der Waals surface area contributed by atoms with Crippen molar-refractivity contribution in [2.45, 2.75) is 19.9 Å². The molecule has 1 aromatic heterocycles. The van der Waals surface area contributed by atoms with Crippen molar-refractivity contribution in [3.63, 3.8) is 0 Å². The van der Waals surface area contributed by atoms with Crippen LogP contribution in [0.5, 0.6) is 11.5 Å². The van der Waals surface area contributed by atoms with Gasteiger partial charge in [-0.25, -0.2) is 4.98 Å². The van der Waals surface area contributed by atoms with E-state index < -0.39 is 0 Å². The Morgan fingerprint density at radius 1 is 1.17 bits per heavy atom. The van der Waals surface area contributed by atoms with Crippen molar-refractivity contribution in [2.75, 3.05) is 34.4 Å². The summed E-state index contributed by atoms with van der Waals surface area (Å²) in [6, 6.07) is 13.9. The average molecular weight is 523 g/mol. The van der Waals surface area contributed by atoms with Gasteiger partial charge in [0.1, 0.15) is 17.3 Å². The number of imidazole rings is 1. The van der Waals surface area contributed by atoms with Crippen molar-refractivity contribution in [1.29, 1.82) is 0 Å². The van der Waals surface area contributed by atoms with Crippen molar-refractivity contribution in [3.05, 3.63) is 53.9 Å². The van der Waals surface area contributed by atoms with Crippen LogP contribution < -0.4 is 14.8 Å². The van der Waals surface area contributed by atoms with Crippen molar-refractivity contribution >= 4 is 41.0 Å². The number of guanidine groups is 1. The van der Waals surface area contributed by atoms with Gasteiger partial charge in [-0.15, -0.1) is 24.0 Å². The third kappa shape index (κ3) is 6.01. The second-order valence-electron chi connectivity index (χ2n) is 6.72. The van der Waals surface area contributed by atoms with E-state index in [0.717, 1.165) is 52.8 Å². The van der Waals surface area contributed by atoms with Gasteiger partial charge in [-0.05, 0) is 31.2 Å².